The van der Waals surface area contributed by atoms with E-state index in [-0.39, 0.29) is 30.4 Å². The van der Waals surface area contributed by atoms with E-state index in [1.807, 2.05) is 36.4 Å². The third kappa shape index (κ3) is 4.64. The monoisotopic (exact) mass is 492 g/mol. The van der Waals surface area contributed by atoms with Gasteiger partial charge in [-0.3, -0.25) is 14.9 Å². The lowest BCUT2D eigenvalue weighted by Crippen LogP contribution is -2.47. The molecule has 9 heteroatoms. The summed E-state index contributed by atoms with van der Waals surface area (Å²) in [7, 11) is 0. The van der Waals surface area contributed by atoms with E-state index in [2.05, 4.69) is 17.4 Å². The first-order chi connectivity index (χ1) is 17.0. The molecule has 2 aliphatic rings. The molecule has 1 saturated heterocycles. The molecule has 1 fully saturated rings. The highest BCUT2D eigenvalue weighted by atomic mass is 32.2. The van der Waals surface area contributed by atoms with Gasteiger partial charge in [0.25, 0.3) is 5.91 Å². The maximum Gasteiger partial charge on any atom is 0.411 e. The number of thioether (sulfide) groups is 1. The van der Waals surface area contributed by atoms with Crippen LogP contribution >= 0.6 is 11.8 Å². The van der Waals surface area contributed by atoms with E-state index in [1.165, 1.54) is 17.2 Å². The van der Waals surface area contributed by atoms with Crippen molar-refractivity contribution in [3.8, 4) is 11.1 Å². The molecule has 0 radical (unpaired) electrons. The number of amides is 2. The fourth-order valence-corrected chi connectivity index (χ4v) is 5.80. The van der Waals surface area contributed by atoms with Crippen molar-refractivity contribution in [2.75, 3.05) is 30.0 Å². The molecule has 1 aromatic heterocycles. The number of ether oxygens (including phenoxy) is 1. The highest BCUT2D eigenvalue weighted by molar-refractivity contribution is 7.99. The summed E-state index contributed by atoms with van der Waals surface area (Å²) >= 11 is 1.61. The van der Waals surface area contributed by atoms with E-state index in [4.69, 9.17) is 9.15 Å². The molecule has 2 N–H and O–H groups in total. The number of anilines is 1. The van der Waals surface area contributed by atoms with Gasteiger partial charge in [0.2, 0.25) is 5.76 Å². The Morgan fingerprint density at radius 2 is 1.74 bits per heavy atom. The van der Waals surface area contributed by atoms with Crippen LogP contribution in [0, 0.1) is 0 Å². The number of nitrogens with one attached hydrogen (secondary N) is 1. The first-order valence-corrected chi connectivity index (χ1v) is 12.5. The van der Waals surface area contributed by atoms with Crippen molar-refractivity contribution in [2.24, 2.45) is 0 Å². The van der Waals surface area contributed by atoms with Crippen molar-refractivity contribution in [1.82, 2.24) is 4.90 Å². The number of hydrogen-bond acceptors (Lipinski definition) is 6. The predicted molar refractivity (Wildman–Crippen MR) is 132 cm³/mol. The number of carboxylic acid groups (broad SMARTS) is 1. The summed E-state index contributed by atoms with van der Waals surface area (Å²) in [6.07, 6.45) is 0.477. The Hall–Kier alpha value is -3.72. The number of carbonyl (C=O) groups is 3. The average Bonchev–Trinajstić information content (AvgIpc) is 3.45. The number of aliphatic carboxylic acids is 1. The number of carbonyl (C=O) groups excluding carboxylic acids is 2. The molecule has 1 atom stereocenters. The van der Waals surface area contributed by atoms with Crippen LogP contribution in [0.1, 0.15) is 34.0 Å². The van der Waals surface area contributed by atoms with Crippen molar-refractivity contribution in [2.45, 2.75) is 18.4 Å². The molecule has 5 rings (SSSR count). The third-order valence-electron chi connectivity index (χ3n) is 6.34. The smallest absolute Gasteiger partial charge is 0.411 e. The maximum absolute atomic E-state index is 13.1. The third-order valence-corrected chi connectivity index (χ3v) is 7.43. The van der Waals surface area contributed by atoms with Crippen LogP contribution in [0.4, 0.5) is 10.5 Å². The lowest BCUT2D eigenvalue weighted by Gasteiger charge is -2.34. The Bertz CT molecular complexity index is 1230. The topological polar surface area (TPSA) is 109 Å². The first kappa shape index (κ1) is 23.0. The molecular weight excluding hydrogens is 468 g/mol. The number of furan rings is 1. The van der Waals surface area contributed by atoms with Gasteiger partial charge in [-0.15, -0.1) is 0 Å². The molecule has 0 bridgehead atoms. The van der Waals surface area contributed by atoms with Crippen LogP contribution in [-0.4, -0.2) is 58.7 Å². The SMILES string of the molecule is O=C(O)CC1CSCCN1C(=O)c1occc1NC(=O)OCC1c2ccccc2-c2ccccc21. The highest BCUT2D eigenvalue weighted by Gasteiger charge is 2.33. The summed E-state index contributed by atoms with van der Waals surface area (Å²) in [6.45, 7) is 0.553. The minimum Gasteiger partial charge on any atom is -0.481 e. The Kier molecular flexibility index (Phi) is 6.50. The molecule has 180 valence electrons. The summed E-state index contributed by atoms with van der Waals surface area (Å²) in [4.78, 5) is 38.5. The summed E-state index contributed by atoms with van der Waals surface area (Å²) in [5.41, 5.74) is 4.67. The first-order valence-electron chi connectivity index (χ1n) is 11.3. The zero-order chi connectivity index (χ0) is 24.4. The quantitative estimate of drug-likeness (QED) is 0.515. The number of nitrogens with zero attached hydrogens (tertiary/aromatic N) is 1. The van der Waals surface area contributed by atoms with Crippen molar-refractivity contribution < 1.29 is 28.6 Å². The van der Waals surface area contributed by atoms with Crippen LogP contribution in [0.2, 0.25) is 0 Å². The molecular formula is C26H24N2O6S. The van der Waals surface area contributed by atoms with Gasteiger partial charge in [0.05, 0.1) is 24.4 Å². The summed E-state index contributed by atoms with van der Waals surface area (Å²) in [5.74, 6) is -0.296. The molecule has 0 saturated carbocycles. The lowest BCUT2D eigenvalue weighted by atomic mass is 9.98. The summed E-state index contributed by atoms with van der Waals surface area (Å²) < 4.78 is 11.0. The molecule has 35 heavy (non-hydrogen) atoms. The van der Waals surface area contributed by atoms with Crippen LogP contribution in [0.3, 0.4) is 0 Å². The zero-order valence-corrected chi connectivity index (χ0v) is 19.6. The molecule has 1 unspecified atom stereocenters. The van der Waals surface area contributed by atoms with Gasteiger partial charge in [-0.25, -0.2) is 4.79 Å². The van der Waals surface area contributed by atoms with Crippen LogP contribution < -0.4 is 5.32 Å². The number of carboxylic acids is 1. The minimum atomic E-state index is -0.966. The van der Waals surface area contributed by atoms with Gasteiger partial charge >= 0.3 is 12.1 Å². The van der Waals surface area contributed by atoms with Crippen LogP contribution in [-0.2, 0) is 9.53 Å². The Morgan fingerprint density at radius 1 is 1.06 bits per heavy atom. The summed E-state index contributed by atoms with van der Waals surface area (Å²) in [5, 5.41) is 11.8. The van der Waals surface area contributed by atoms with Crippen molar-refractivity contribution in [3.63, 3.8) is 0 Å². The van der Waals surface area contributed by atoms with Crippen molar-refractivity contribution in [1.29, 1.82) is 0 Å². The van der Waals surface area contributed by atoms with E-state index in [1.54, 1.807) is 11.8 Å². The van der Waals surface area contributed by atoms with Gasteiger partial charge in [0.1, 0.15) is 6.61 Å². The van der Waals surface area contributed by atoms with Gasteiger partial charge in [-0.1, -0.05) is 48.5 Å². The number of hydrogen-bond donors (Lipinski definition) is 2. The van der Waals surface area contributed by atoms with Gasteiger partial charge in [-0.2, -0.15) is 11.8 Å². The van der Waals surface area contributed by atoms with Crippen molar-refractivity contribution >= 4 is 35.4 Å². The second-order valence-corrected chi connectivity index (χ2v) is 9.59. The molecule has 0 spiro atoms. The number of benzene rings is 2. The minimum absolute atomic E-state index is 0.0409. The molecule has 3 aromatic rings. The van der Waals surface area contributed by atoms with Gasteiger partial charge < -0.3 is 19.2 Å². The lowest BCUT2D eigenvalue weighted by molar-refractivity contribution is -0.138. The maximum atomic E-state index is 13.1. The van der Waals surface area contributed by atoms with E-state index in [9.17, 15) is 19.5 Å². The molecule has 2 amide bonds. The fraction of sp³-hybridized carbons (Fsp3) is 0.269. The predicted octanol–water partition coefficient (Wildman–Crippen LogP) is 4.67. The number of rotatable bonds is 6. The second-order valence-electron chi connectivity index (χ2n) is 8.44. The Morgan fingerprint density at radius 3 is 2.43 bits per heavy atom. The second kappa shape index (κ2) is 9.87. The van der Waals surface area contributed by atoms with E-state index in [0.717, 1.165) is 22.3 Å². The van der Waals surface area contributed by atoms with Crippen molar-refractivity contribution in [3.05, 3.63) is 77.7 Å². The van der Waals surface area contributed by atoms with Crippen LogP contribution in [0.25, 0.3) is 11.1 Å². The van der Waals surface area contributed by atoms with Crippen LogP contribution in [0.15, 0.2) is 65.3 Å². The molecule has 1 aliphatic heterocycles. The normalized spacial score (nSPS) is 16.9. The molecule has 8 nitrogen and oxygen atoms in total. The molecule has 1 aliphatic carbocycles. The van der Waals surface area contributed by atoms with E-state index < -0.39 is 24.0 Å². The molecule has 2 aromatic carbocycles. The number of fused-ring (bicyclic) bond motifs is 3. The largest absolute Gasteiger partial charge is 0.481 e. The molecule has 2 heterocycles. The zero-order valence-electron chi connectivity index (χ0n) is 18.8. The van der Waals surface area contributed by atoms with E-state index in [0.29, 0.717) is 18.1 Å². The standard InChI is InChI=1S/C26H24N2O6S/c29-23(30)13-16-15-35-12-10-28(16)25(31)24-22(9-11-33-24)27-26(32)34-14-21-19-7-3-1-5-17(19)18-6-2-4-8-20(18)21/h1-9,11,16,21H,10,12-15H2,(H,27,32)(H,29,30). The van der Waals surface area contributed by atoms with E-state index >= 15 is 0 Å². The average molecular weight is 493 g/mol. The van der Waals surface area contributed by atoms with Crippen LogP contribution in [0.5, 0.6) is 0 Å². The van der Waals surface area contributed by atoms with Gasteiger partial charge in [0, 0.05) is 30.0 Å². The Balaban J connectivity index is 1.26. The fourth-order valence-electron chi connectivity index (χ4n) is 4.74. The van der Waals surface area contributed by atoms with Gasteiger partial charge in [0.15, 0.2) is 0 Å². The Labute approximate surface area is 206 Å². The summed E-state index contributed by atoms with van der Waals surface area (Å²) in [6, 6.07) is 17.2. The van der Waals surface area contributed by atoms with Gasteiger partial charge in [-0.05, 0) is 22.3 Å². The highest BCUT2D eigenvalue weighted by Crippen LogP contribution is 2.44.